The van der Waals surface area contributed by atoms with E-state index in [1.807, 2.05) is 25.1 Å². The number of benzene rings is 1. The molecule has 14 unspecified atom stereocenters. The largest absolute Gasteiger partial charge is 0.471 e. The Kier molecular flexibility index (Phi) is 8.79. The first kappa shape index (κ1) is 45.3. The summed E-state index contributed by atoms with van der Waals surface area (Å²) in [5, 5.41) is 12.8. The Morgan fingerprint density at radius 1 is 0.716 bits per heavy atom. The minimum absolute atomic E-state index is 0.0308. The van der Waals surface area contributed by atoms with Crippen LogP contribution in [0.25, 0.3) is 0 Å². The van der Waals surface area contributed by atoms with E-state index >= 15 is 0 Å². The number of allylic oxidation sites excluding steroid dienone is 5. The smallest absolute Gasteiger partial charge is 0.319 e. The van der Waals surface area contributed by atoms with E-state index in [-0.39, 0.29) is 61.6 Å². The Labute approximate surface area is 397 Å². The zero-order valence-corrected chi connectivity index (χ0v) is 42.3. The standard InChI is InChI=1S/C58H72O9/c1-31-24-40-48(3,28-37(31)60)16-21-55(10)41-27-36(59)45-32(2)46-38(25-35(45)51(41,6)19-22-54(40,55)9)66-58(64)43(61)26-34-33(57(58,12)67-46)14-15-39-50(34,5)18-23-56(11)42-29-52(7,47(63)65-13)44(62)30-49(42,4)17-20-53(39,56)8/h14-15,25-27,31,40,42,64H,16-24,28-30H2,1-13H3. The van der Waals surface area contributed by atoms with E-state index in [1.165, 1.54) is 12.7 Å². The molecule has 10 aliphatic rings. The second kappa shape index (κ2) is 13.0. The molecule has 0 aromatic heterocycles. The first-order chi connectivity index (χ1) is 31.0. The topological polar surface area (TPSA) is 133 Å². The van der Waals surface area contributed by atoms with Gasteiger partial charge in [0.05, 0.1) is 7.11 Å². The predicted molar refractivity (Wildman–Crippen MR) is 253 cm³/mol. The van der Waals surface area contributed by atoms with E-state index in [1.54, 1.807) is 19.9 Å². The molecule has 1 heterocycles. The zero-order chi connectivity index (χ0) is 48.5. The third-order valence-corrected chi connectivity index (χ3v) is 23.2. The van der Waals surface area contributed by atoms with Crippen molar-refractivity contribution >= 4 is 29.1 Å². The number of esters is 1. The summed E-state index contributed by atoms with van der Waals surface area (Å²) in [6, 6.07) is 1.89. The van der Waals surface area contributed by atoms with Crippen molar-refractivity contribution in [1.29, 1.82) is 0 Å². The minimum Gasteiger partial charge on any atom is -0.471 e. The monoisotopic (exact) mass is 913 g/mol. The summed E-state index contributed by atoms with van der Waals surface area (Å²) in [6.45, 7) is 26.1. The van der Waals surface area contributed by atoms with Crippen LogP contribution in [0.3, 0.4) is 0 Å². The number of carbonyl (C=O) groups excluding carboxylic acids is 5. The zero-order valence-electron chi connectivity index (χ0n) is 42.3. The van der Waals surface area contributed by atoms with Crippen molar-refractivity contribution in [2.24, 2.45) is 61.1 Å². The van der Waals surface area contributed by atoms with Gasteiger partial charge in [0.25, 0.3) is 0 Å². The highest BCUT2D eigenvalue weighted by Gasteiger charge is 2.73. The van der Waals surface area contributed by atoms with Gasteiger partial charge in [-0.1, -0.05) is 80.0 Å². The lowest BCUT2D eigenvalue weighted by Crippen LogP contribution is -2.70. The van der Waals surface area contributed by atoms with Crippen molar-refractivity contribution in [2.75, 3.05) is 7.11 Å². The molecule has 9 aliphatic carbocycles. The molecule has 0 amide bonds. The molecule has 1 aromatic rings. The average molecular weight is 913 g/mol. The molecule has 0 radical (unpaired) electrons. The number of hydrogen-bond acceptors (Lipinski definition) is 9. The molecule has 0 bridgehead atoms. The van der Waals surface area contributed by atoms with Gasteiger partial charge in [-0.2, -0.15) is 0 Å². The van der Waals surface area contributed by atoms with Crippen molar-refractivity contribution in [3.8, 4) is 11.5 Å². The van der Waals surface area contributed by atoms with Gasteiger partial charge in [-0.15, -0.1) is 0 Å². The molecule has 9 heteroatoms. The molecular weight excluding hydrogens is 841 g/mol. The van der Waals surface area contributed by atoms with Gasteiger partial charge in [0.1, 0.15) is 17.0 Å². The molecule has 9 nitrogen and oxygen atoms in total. The van der Waals surface area contributed by atoms with E-state index < -0.39 is 39.4 Å². The van der Waals surface area contributed by atoms with Crippen LogP contribution in [-0.2, 0) is 29.3 Å². The third kappa shape index (κ3) is 4.99. The van der Waals surface area contributed by atoms with Gasteiger partial charge in [-0.3, -0.25) is 24.0 Å². The second-order valence-corrected chi connectivity index (χ2v) is 26.1. The molecule has 358 valence electrons. The van der Waals surface area contributed by atoms with Crippen molar-refractivity contribution < 1.29 is 43.3 Å². The molecule has 1 aromatic carbocycles. The van der Waals surface area contributed by atoms with E-state index in [2.05, 4.69) is 68.4 Å². The van der Waals surface area contributed by atoms with Gasteiger partial charge >= 0.3 is 11.8 Å². The van der Waals surface area contributed by atoms with Gasteiger partial charge in [0.15, 0.2) is 17.3 Å². The number of carbonyl (C=O) groups is 5. The molecular formula is C58H72O9. The van der Waals surface area contributed by atoms with Gasteiger partial charge < -0.3 is 19.3 Å². The minimum atomic E-state index is -2.39. The van der Waals surface area contributed by atoms with Gasteiger partial charge in [-0.25, -0.2) is 0 Å². The number of hydrogen-bond donors (Lipinski definition) is 1. The Morgan fingerprint density at radius 3 is 1.99 bits per heavy atom. The maximum atomic E-state index is 14.9. The number of ether oxygens (including phenoxy) is 3. The van der Waals surface area contributed by atoms with Gasteiger partial charge in [0, 0.05) is 46.3 Å². The van der Waals surface area contributed by atoms with Crippen LogP contribution in [-0.4, -0.2) is 52.7 Å². The maximum absolute atomic E-state index is 14.9. The van der Waals surface area contributed by atoms with Gasteiger partial charge in [0.2, 0.25) is 11.4 Å². The number of fused-ring (bicyclic) bond motifs is 17. The fraction of sp³-hybridized carbons (Fsp3) is 0.672. The second-order valence-electron chi connectivity index (χ2n) is 26.1. The number of methoxy groups -OCH3 is 1. The van der Waals surface area contributed by atoms with E-state index in [4.69, 9.17) is 14.2 Å². The summed E-state index contributed by atoms with van der Waals surface area (Å²) < 4.78 is 19.1. The fourth-order valence-electron chi connectivity index (χ4n) is 18.3. The number of aliphatic hydroxyl groups is 1. The Morgan fingerprint density at radius 2 is 1.33 bits per heavy atom. The first-order valence-electron chi connectivity index (χ1n) is 25.4. The molecule has 1 N–H and O–H groups in total. The highest BCUT2D eigenvalue weighted by molar-refractivity contribution is 6.10. The number of ketones is 4. The van der Waals surface area contributed by atoms with Crippen molar-refractivity contribution in [3.63, 3.8) is 0 Å². The third-order valence-electron chi connectivity index (χ3n) is 23.2. The quantitative estimate of drug-likeness (QED) is 0.216. The van der Waals surface area contributed by atoms with Crippen LogP contribution in [0.5, 0.6) is 11.5 Å². The Balaban J connectivity index is 0.977. The molecule has 0 saturated heterocycles. The van der Waals surface area contributed by atoms with E-state index in [0.29, 0.717) is 59.8 Å². The number of rotatable bonds is 1. The summed E-state index contributed by atoms with van der Waals surface area (Å²) in [7, 11) is 1.37. The summed E-state index contributed by atoms with van der Waals surface area (Å²) in [5.74, 6) is -2.05. The van der Waals surface area contributed by atoms with Crippen LogP contribution >= 0.6 is 0 Å². The van der Waals surface area contributed by atoms with Crippen LogP contribution in [0.15, 0.2) is 52.7 Å². The lowest BCUT2D eigenvalue weighted by atomic mass is 9.34. The van der Waals surface area contributed by atoms with Crippen LogP contribution in [0.4, 0.5) is 0 Å². The first-order valence-corrected chi connectivity index (χ1v) is 25.4. The molecule has 6 saturated carbocycles. The summed E-state index contributed by atoms with van der Waals surface area (Å²) in [5.41, 5.74) is 0.709. The van der Waals surface area contributed by atoms with Crippen LogP contribution in [0.2, 0.25) is 0 Å². The van der Waals surface area contributed by atoms with Gasteiger partial charge in [-0.05, 0) is 164 Å². The maximum Gasteiger partial charge on any atom is 0.319 e. The van der Waals surface area contributed by atoms with Crippen molar-refractivity contribution in [1.82, 2.24) is 0 Å². The summed E-state index contributed by atoms with van der Waals surface area (Å²) in [4.78, 5) is 69.8. The van der Waals surface area contributed by atoms with E-state index in [9.17, 15) is 29.1 Å². The molecule has 11 rings (SSSR count). The van der Waals surface area contributed by atoms with Crippen LogP contribution in [0.1, 0.15) is 175 Å². The predicted octanol–water partition coefficient (Wildman–Crippen LogP) is 11.0. The lowest BCUT2D eigenvalue weighted by molar-refractivity contribution is -0.231. The number of Topliss-reactive ketones (excluding diaryl/α,β-unsaturated/α-hetero) is 2. The summed E-state index contributed by atoms with van der Waals surface area (Å²) in [6.07, 6.45) is 16.8. The lowest BCUT2D eigenvalue weighted by Gasteiger charge is -2.70. The van der Waals surface area contributed by atoms with E-state index in [0.717, 1.165) is 68.1 Å². The van der Waals surface area contributed by atoms with Crippen LogP contribution < -0.4 is 9.47 Å². The fourth-order valence-corrected chi connectivity index (χ4v) is 18.3. The molecule has 6 fully saturated rings. The normalized spacial score (nSPS) is 49.0. The molecule has 67 heavy (non-hydrogen) atoms. The highest BCUT2D eigenvalue weighted by atomic mass is 16.7. The Bertz CT molecular complexity index is 2720. The highest BCUT2D eigenvalue weighted by Crippen LogP contribution is 2.77. The molecule has 14 atom stereocenters. The van der Waals surface area contributed by atoms with Crippen molar-refractivity contribution in [3.05, 3.63) is 69.4 Å². The SMILES string of the molecule is COC(=O)C1(C)CC2C(C)(CCC3(C)C4=CC=C5C(=CC(=O)C6(O)Oc7cc8c(c(C)c7OC56C)C(=O)C=C5C8(C)CCC6(C)C7CC(C)C(=O)CC7(C)CCC56C)C4(C)CCC23C)CC1=O. The molecule has 1 aliphatic heterocycles. The van der Waals surface area contributed by atoms with Crippen LogP contribution in [0, 0.1) is 68.0 Å². The summed E-state index contributed by atoms with van der Waals surface area (Å²) >= 11 is 0. The molecule has 0 spiro atoms. The average Bonchev–Trinajstić information content (AvgIpc) is 3.26. The van der Waals surface area contributed by atoms with Crippen molar-refractivity contribution in [2.45, 2.75) is 177 Å². The Hall–Kier alpha value is -4.11.